The van der Waals surface area contributed by atoms with Crippen molar-refractivity contribution in [2.45, 2.75) is 46.1 Å². The van der Waals surface area contributed by atoms with Crippen LogP contribution in [0.25, 0.3) is 0 Å². The van der Waals surface area contributed by atoms with Gasteiger partial charge >= 0.3 is 0 Å². The summed E-state index contributed by atoms with van der Waals surface area (Å²) in [6, 6.07) is 10.1. The molecule has 0 radical (unpaired) electrons. The maximum atomic E-state index is 12.5. The van der Waals surface area contributed by atoms with Crippen LogP contribution in [0.1, 0.15) is 39.2 Å². The third kappa shape index (κ3) is 5.07. The van der Waals surface area contributed by atoms with E-state index in [0.717, 1.165) is 19.3 Å². The van der Waals surface area contributed by atoms with Crippen molar-refractivity contribution in [3.8, 4) is 0 Å². The van der Waals surface area contributed by atoms with Gasteiger partial charge in [-0.15, -0.1) is 0 Å². The van der Waals surface area contributed by atoms with Gasteiger partial charge in [0.05, 0.1) is 0 Å². The van der Waals surface area contributed by atoms with E-state index in [1.807, 2.05) is 25.1 Å². The lowest BCUT2D eigenvalue weighted by molar-refractivity contribution is 0.219. The molecule has 1 aliphatic heterocycles. The summed E-state index contributed by atoms with van der Waals surface area (Å²) in [6.07, 6.45) is 2.80. The normalized spacial score (nSPS) is 25.0. The molecule has 0 amide bonds. The molecule has 1 aromatic rings. The lowest BCUT2D eigenvalue weighted by Gasteiger charge is -2.34. The van der Waals surface area contributed by atoms with Crippen molar-refractivity contribution in [3.05, 3.63) is 35.9 Å². The molecule has 2 rings (SSSR count). The molecule has 0 aliphatic carbocycles. The topological polar surface area (TPSA) is 49.4 Å². The Morgan fingerprint density at radius 3 is 2.36 bits per heavy atom. The number of hydrogen-bond donors (Lipinski definition) is 1. The van der Waals surface area contributed by atoms with Gasteiger partial charge in [0.1, 0.15) is 0 Å². The van der Waals surface area contributed by atoms with Crippen LogP contribution in [-0.2, 0) is 16.6 Å². The van der Waals surface area contributed by atoms with E-state index in [9.17, 15) is 8.42 Å². The minimum absolute atomic E-state index is 0.0576. The molecule has 1 N–H and O–H groups in total. The van der Waals surface area contributed by atoms with E-state index in [2.05, 4.69) is 30.7 Å². The molecule has 5 heteroatoms. The molecule has 3 atom stereocenters. The van der Waals surface area contributed by atoms with E-state index in [4.69, 9.17) is 0 Å². The fourth-order valence-corrected chi connectivity index (χ4v) is 4.89. The van der Waals surface area contributed by atoms with E-state index in [1.165, 1.54) is 5.56 Å². The fraction of sp³-hybridized carbons (Fsp3) is 0.647. The van der Waals surface area contributed by atoms with Crippen LogP contribution in [0.5, 0.6) is 0 Å². The molecule has 4 nitrogen and oxygen atoms in total. The van der Waals surface area contributed by atoms with E-state index in [1.54, 1.807) is 4.31 Å². The molecule has 1 saturated heterocycles. The van der Waals surface area contributed by atoms with Crippen molar-refractivity contribution >= 4 is 10.2 Å². The van der Waals surface area contributed by atoms with Crippen LogP contribution >= 0.6 is 0 Å². The van der Waals surface area contributed by atoms with Crippen LogP contribution in [0.3, 0.4) is 0 Å². The van der Waals surface area contributed by atoms with Gasteiger partial charge in [0.25, 0.3) is 10.2 Å². The zero-order valence-electron chi connectivity index (χ0n) is 13.8. The highest BCUT2D eigenvalue weighted by Gasteiger charge is 2.31. The van der Waals surface area contributed by atoms with Crippen LogP contribution in [0, 0.1) is 11.8 Å². The van der Waals surface area contributed by atoms with E-state index >= 15 is 0 Å². The summed E-state index contributed by atoms with van der Waals surface area (Å²) < 4.78 is 29.5. The van der Waals surface area contributed by atoms with Gasteiger partial charge in [0.15, 0.2) is 0 Å². The van der Waals surface area contributed by atoms with Crippen molar-refractivity contribution in [3.63, 3.8) is 0 Å². The number of aryl methyl sites for hydroxylation is 1. The largest absolute Gasteiger partial charge is 0.279 e. The molecular weight excluding hydrogens is 296 g/mol. The van der Waals surface area contributed by atoms with Gasteiger partial charge in [0.2, 0.25) is 0 Å². The first-order chi connectivity index (χ1) is 10.4. The first kappa shape index (κ1) is 17.4. The average molecular weight is 324 g/mol. The van der Waals surface area contributed by atoms with Gasteiger partial charge in [-0.2, -0.15) is 17.4 Å². The molecule has 1 aliphatic rings. The smallest absolute Gasteiger partial charge is 0.199 e. The van der Waals surface area contributed by atoms with Crippen LogP contribution in [0.15, 0.2) is 30.3 Å². The summed E-state index contributed by atoms with van der Waals surface area (Å²) in [5, 5.41) is 0. The highest BCUT2D eigenvalue weighted by Crippen LogP contribution is 2.22. The first-order valence-corrected chi connectivity index (χ1v) is 9.62. The molecule has 22 heavy (non-hydrogen) atoms. The Kier molecular flexibility index (Phi) is 6.01. The molecular formula is C17H28N2O2S. The summed E-state index contributed by atoms with van der Waals surface area (Å²) in [7, 11) is -3.37. The maximum absolute atomic E-state index is 12.5. The molecule has 1 heterocycles. The van der Waals surface area contributed by atoms with Crippen molar-refractivity contribution < 1.29 is 8.42 Å². The van der Waals surface area contributed by atoms with Crippen LogP contribution in [0.2, 0.25) is 0 Å². The summed E-state index contributed by atoms with van der Waals surface area (Å²) in [6.45, 7) is 7.45. The number of nitrogens with one attached hydrogen (secondary N) is 1. The second-order valence-corrected chi connectivity index (χ2v) is 8.51. The zero-order chi connectivity index (χ0) is 16.2. The van der Waals surface area contributed by atoms with Crippen molar-refractivity contribution in [1.82, 2.24) is 9.03 Å². The van der Waals surface area contributed by atoms with Gasteiger partial charge in [0, 0.05) is 19.1 Å². The predicted octanol–water partition coefficient (Wildman–Crippen LogP) is 2.82. The van der Waals surface area contributed by atoms with Crippen LogP contribution < -0.4 is 4.72 Å². The minimum Gasteiger partial charge on any atom is -0.199 e. The van der Waals surface area contributed by atoms with E-state index in [-0.39, 0.29) is 6.04 Å². The minimum atomic E-state index is -3.37. The Hall–Kier alpha value is -0.910. The average Bonchev–Trinajstić information content (AvgIpc) is 2.45. The molecule has 0 unspecified atom stereocenters. The number of nitrogens with zero attached hydrogens (tertiary/aromatic N) is 1. The van der Waals surface area contributed by atoms with Gasteiger partial charge in [-0.1, -0.05) is 44.2 Å². The molecule has 0 bridgehead atoms. The van der Waals surface area contributed by atoms with Crippen molar-refractivity contribution in [2.75, 3.05) is 13.1 Å². The molecule has 0 saturated carbocycles. The lowest BCUT2D eigenvalue weighted by atomic mass is 9.94. The quantitative estimate of drug-likeness (QED) is 0.875. The molecule has 1 aromatic carbocycles. The van der Waals surface area contributed by atoms with E-state index < -0.39 is 10.2 Å². The molecule has 1 fully saturated rings. The maximum Gasteiger partial charge on any atom is 0.279 e. The fourth-order valence-electron chi connectivity index (χ4n) is 3.22. The lowest BCUT2D eigenvalue weighted by Crippen LogP contribution is -2.50. The van der Waals surface area contributed by atoms with E-state index in [0.29, 0.717) is 24.9 Å². The number of piperidine rings is 1. The van der Waals surface area contributed by atoms with Gasteiger partial charge in [-0.25, -0.2) is 0 Å². The van der Waals surface area contributed by atoms with Gasteiger partial charge in [-0.05, 0) is 43.6 Å². The first-order valence-electron chi connectivity index (χ1n) is 8.18. The van der Waals surface area contributed by atoms with Crippen LogP contribution in [0.4, 0.5) is 0 Å². The number of rotatable bonds is 6. The standard InChI is InChI=1S/C17H28N2O2S/c1-14-11-15(2)13-19(12-14)22(20,21)18-16(3)9-10-17-7-5-4-6-8-17/h4-8,14-16,18H,9-13H2,1-3H3/t14-,15+,16-/m1/s1. The third-order valence-electron chi connectivity index (χ3n) is 4.23. The second kappa shape index (κ2) is 7.57. The summed E-state index contributed by atoms with van der Waals surface area (Å²) >= 11 is 0. The summed E-state index contributed by atoms with van der Waals surface area (Å²) in [5.41, 5.74) is 1.24. The predicted molar refractivity (Wildman–Crippen MR) is 90.8 cm³/mol. The van der Waals surface area contributed by atoms with Gasteiger partial charge < -0.3 is 0 Å². The Morgan fingerprint density at radius 1 is 1.18 bits per heavy atom. The van der Waals surface area contributed by atoms with Gasteiger partial charge in [-0.3, -0.25) is 0 Å². The molecule has 124 valence electrons. The molecule has 0 aromatic heterocycles. The third-order valence-corrected chi connectivity index (χ3v) is 5.91. The Bertz CT molecular complexity index is 549. The van der Waals surface area contributed by atoms with Crippen molar-refractivity contribution in [2.24, 2.45) is 11.8 Å². The summed E-state index contributed by atoms with van der Waals surface area (Å²) in [5.74, 6) is 0.861. The number of hydrogen-bond acceptors (Lipinski definition) is 2. The molecule has 0 spiro atoms. The highest BCUT2D eigenvalue weighted by atomic mass is 32.2. The second-order valence-electron chi connectivity index (χ2n) is 6.81. The highest BCUT2D eigenvalue weighted by molar-refractivity contribution is 7.87. The monoisotopic (exact) mass is 324 g/mol. The Labute approximate surface area is 135 Å². The Morgan fingerprint density at radius 2 is 1.77 bits per heavy atom. The zero-order valence-corrected chi connectivity index (χ0v) is 14.6. The van der Waals surface area contributed by atoms with Crippen LogP contribution in [-0.4, -0.2) is 31.9 Å². The van der Waals surface area contributed by atoms with Crippen molar-refractivity contribution in [1.29, 1.82) is 0 Å². The SMILES string of the molecule is C[C@@H]1C[C@H](C)CN(S(=O)(=O)N[C@H](C)CCc2ccccc2)C1. The number of benzene rings is 1. The summed E-state index contributed by atoms with van der Waals surface area (Å²) in [4.78, 5) is 0. The Balaban J connectivity index is 1.88.